The van der Waals surface area contributed by atoms with Gasteiger partial charge >= 0.3 is 0 Å². The van der Waals surface area contributed by atoms with Gasteiger partial charge in [0.25, 0.3) is 5.91 Å². The van der Waals surface area contributed by atoms with Crippen LogP contribution in [0.5, 0.6) is 11.5 Å². The Morgan fingerprint density at radius 2 is 1.92 bits per heavy atom. The van der Waals surface area contributed by atoms with Crippen LogP contribution in [0, 0.1) is 11.3 Å². The van der Waals surface area contributed by atoms with Crippen LogP contribution >= 0.6 is 0 Å². The van der Waals surface area contributed by atoms with E-state index in [2.05, 4.69) is 5.32 Å². The number of nitrogens with one attached hydrogen (secondary N) is 1. The van der Waals surface area contributed by atoms with Crippen LogP contribution in [-0.4, -0.2) is 26.7 Å². The molecule has 0 saturated carbocycles. The van der Waals surface area contributed by atoms with Crippen LogP contribution in [0.4, 0.5) is 0 Å². The van der Waals surface area contributed by atoms with E-state index in [9.17, 15) is 10.1 Å². The van der Waals surface area contributed by atoms with Crippen LogP contribution in [0.25, 0.3) is 6.08 Å². The van der Waals surface area contributed by atoms with Gasteiger partial charge in [-0.05, 0) is 36.3 Å². The summed E-state index contributed by atoms with van der Waals surface area (Å²) in [5, 5.41) is 12.1. The zero-order chi connectivity index (χ0) is 18.1. The maximum atomic E-state index is 12.2. The second kappa shape index (κ2) is 9.14. The number of rotatable bonds is 7. The number of hydrogen-bond donors (Lipinski definition) is 1. The lowest BCUT2D eigenvalue weighted by Gasteiger charge is -2.08. The lowest BCUT2D eigenvalue weighted by atomic mass is 10.1. The van der Waals surface area contributed by atoms with Gasteiger partial charge in [-0.1, -0.05) is 30.3 Å². The Kier molecular flexibility index (Phi) is 6.61. The van der Waals surface area contributed by atoms with E-state index >= 15 is 0 Å². The molecule has 2 aromatic carbocycles. The number of benzene rings is 2. The van der Waals surface area contributed by atoms with Crippen molar-refractivity contribution < 1.29 is 14.3 Å². The van der Waals surface area contributed by atoms with Gasteiger partial charge in [0, 0.05) is 12.1 Å². The van der Waals surface area contributed by atoms with Gasteiger partial charge in [0.2, 0.25) is 0 Å². The molecule has 0 spiro atoms. The molecule has 2 aromatic rings. The fourth-order valence-electron chi connectivity index (χ4n) is 2.32. The largest absolute Gasteiger partial charge is 0.497 e. The van der Waals surface area contributed by atoms with E-state index in [1.54, 1.807) is 25.3 Å². The third kappa shape index (κ3) is 5.11. The van der Waals surface area contributed by atoms with Gasteiger partial charge in [-0.25, -0.2) is 0 Å². The van der Waals surface area contributed by atoms with Gasteiger partial charge in [-0.3, -0.25) is 4.79 Å². The van der Waals surface area contributed by atoms with Crippen LogP contribution in [-0.2, 0) is 11.2 Å². The van der Waals surface area contributed by atoms with Gasteiger partial charge in [0.15, 0.2) is 0 Å². The summed E-state index contributed by atoms with van der Waals surface area (Å²) >= 11 is 0. The number of ether oxygens (including phenoxy) is 2. The maximum Gasteiger partial charge on any atom is 0.261 e. The van der Waals surface area contributed by atoms with Gasteiger partial charge < -0.3 is 14.8 Å². The number of nitrogens with zero attached hydrogens (tertiary/aromatic N) is 1. The number of carbonyl (C=O) groups excluding carboxylic acids is 1. The topological polar surface area (TPSA) is 71.3 Å². The zero-order valence-electron chi connectivity index (χ0n) is 14.3. The highest BCUT2D eigenvalue weighted by Crippen LogP contribution is 2.26. The molecule has 5 nitrogen and oxygen atoms in total. The molecule has 0 aliphatic heterocycles. The molecule has 2 rings (SSSR count). The first-order chi connectivity index (χ1) is 12.2. The van der Waals surface area contributed by atoms with Crippen LogP contribution in [0.15, 0.2) is 54.1 Å². The molecule has 0 aromatic heterocycles. The van der Waals surface area contributed by atoms with Crippen LogP contribution in [0.1, 0.15) is 11.1 Å². The highest BCUT2D eigenvalue weighted by molar-refractivity contribution is 6.02. The van der Waals surface area contributed by atoms with Crippen molar-refractivity contribution in [1.82, 2.24) is 5.32 Å². The molecule has 0 fully saturated rings. The van der Waals surface area contributed by atoms with Crippen molar-refractivity contribution in [3.8, 4) is 17.6 Å². The predicted octanol–water partition coefficient (Wildman–Crippen LogP) is 2.97. The summed E-state index contributed by atoms with van der Waals surface area (Å²) in [5.74, 6) is 0.766. The van der Waals surface area contributed by atoms with Gasteiger partial charge in [-0.2, -0.15) is 5.26 Å². The van der Waals surface area contributed by atoms with Gasteiger partial charge in [-0.15, -0.1) is 0 Å². The van der Waals surface area contributed by atoms with E-state index in [1.807, 2.05) is 36.4 Å². The van der Waals surface area contributed by atoms with Crippen molar-refractivity contribution in [2.45, 2.75) is 6.42 Å². The first-order valence-electron chi connectivity index (χ1n) is 7.84. The third-order valence-corrected chi connectivity index (χ3v) is 3.64. The van der Waals surface area contributed by atoms with E-state index in [4.69, 9.17) is 9.47 Å². The highest BCUT2D eigenvalue weighted by atomic mass is 16.5. The Morgan fingerprint density at radius 1 is 1.16 bits per heavy atom. The summed E-state index contributed by atoms with van der Waals surface area (Å²) < 4.78 is 10.4. The first kappa shape index (κ1) is 18.1. The molecule has 5 heteroatoms. The summed E-state index contributed by atoms with van der Waals surface area (Å²) in [6.45, 7) is 0.455. The van der Waals surface area contributed by atoms with E-state index < -0.39 is 5.91 Å². The molecule has 0 aliphatic carbocycles. The average Bonchev–Trinajstić information content (AvgIpc) is 2.66. The smallest absolute Gasteiger partial charge is 0.261 e. The van der Waals surface area contributed by atoms with Crippen molar-refractivity contribution >= 4 is 12.0 Å². The Labute approximate surface area is 147 Å². The molecule has 0 heterocycles. The highest BCUT2D eigenvalue weighted by Gasteiger charge is 2.11. The van der Waals surface area contributed by atoms with Crippen molar-refractivity contribution in [1.29, 1.82) is 5.26 Å². The number of amides is 1. The van der Waals surface area contributed by atoms with Gasteiger partial charge in [0.05, 0.1) is 14.2 Å². The second-order valence-corrected chi connectivity index (χ2v) is 5.27. The minimum absolute atomic E-state index is 0.0135. The lowest BCUT2D eigenvalue weighted by molar-refractivity contribution is -0.117. The third-order valence-electron chi connectivity index (χ3n) is 3.64. The molecule has 25 heavy (non-hydrogen) atoms. The number of hydrogen-bond acceptors (Lipinski definition) is 4. The van der Waals surface area contributed by atoms with Crippen LogP contribution < -0.4 is 14.8 Å². The molecule has 0 saturated heterocycles. The maximum absolute atomic E-state index is 12.2. The summed E-state index contributed by atoms with van der Waals surface area (Å²) in [6.07, 6.45) is 2.20. The number of nitriles is 1. The van der Waals surface area contributed by atoms with Crippen molar-refractivity contribution in [3.05, 3.63) is 65.2 Å². The van der Waals surface area contributed by atoms with Crippen molar-refractivity contribution in [2.24, 2.45) is 0 Å². The fraction of sp³-hybridized carbons (Fsp3) is 0.200. The van der Waals surface area contributed by atoms with E-state index in [1.165, 1.54) is 13.2 Å². The number of carbonyl (C=O) groups is 1. The zero-order valence-corrected chi connectivity index (χ0v) is 14.3. The van der Waals surface area contributed by atoms with E-state index in [-0.39, 0.29) is 5.57 Å². The minimum atomic E-state index is -0.414. The second-order valence-electron chi connectivity index (χ2n) is 5.27. The molecule has 0 radical (unpaired) electrons. The van der Waals surface area contributed by atoms with E-state index in [0.29, 0.717) is 30.0 Å². The lowest BCUT2D eigenvalue weighted by Crippen LogP contribution is -2.26. The Hall–Kier alpha value is -3.26. The molecule has 0 unspecified atom stereocenters. The van der Waals surface area contributed by atoms with Gasteiger partial charge in [0.1, 0.15) is 23.1 Å². The fourth-order valence-corrected chi connectivity index (χ4v) is 2.32. The normalized spacial score (nSPS) is 10.7. The Balaban J connectivity index is 2.09. The molecule has 1 N–H and O–H groups in total. The quantitative estimate of drug-likeness (QED) is 0.623. The Morgan fingerprint density at radius 3 is 2.56 bits per heavy atom. The molecular formula is C20H20N2O3. The molecular weight excluding hydrogens is 316 g/mol. The average molecular weight is 336 g/mol. The summed E-state index contributed by atoms with van der Waals surface area (Å²) in [5.41, 5.74) is 1.75. The summed E-state index contributed by atoms with van der Waals surface area (Å²) in [7, 11) is 3.09. The first-order valence-corrected chi connectivity index (χ1v) is 7.84. The molecule has 0 bridgehead atoms. The SMILES string of the molecule is COc1ccc(OC)c(/C=C(/C#N)C(=O)NCCc2ccccc2)c1. The molecule has 1 amide bonds. The van der Waals surface area contributed by atoms with Crippen LogP contribution in [0.2, 0.25) is 0 Å². The molecule has 0 atom stereocenters. The number of methoxy groups -OCH3 is 2. The van der Waals surface area contributed by atoms with Crippen molar-refractivity contribution in [2.75, 3.05) is 20.8 Å². The summed E-state index contributed by atoms with van der Waals surface area (Å²) in [4.78, 5) is 12.2. The monoisotopic (exact) mass is 336 g/mol. The molecule has 0 aliphatic rings. The minimum Gasteiger partial charge on any atom is -0.497 e. The standard InChI is InChI=1S/C20H20N2O3/c1-24-18-8-9-19(25-2)16(13-18)12-17(14-21)20(23)22-11-10-15-6-4-3-5-7-15/h3-9,12-13H,10-11H2,1-2H3,(H,22,23)/b17-12-. The van der Waals surface area contributed by atoms with E-state index in [0.717, 1.165) is 5.56 Å². The Bertz CT molecular complexity index is 792. The molecule has 128 valence electrons. The van der Waals surface area contributed by atoms with Crippen LogP contribution in [0.3, 0.4) is 0 Å². The predicted molar refractivity (Wildman–Crippen MR) is 96.3 cm³/mol. The van der Waals surface area contributed by atoms with Crippen molar-refractivity contribution in [3.63, 3.8) is 0 Å². The summed E-state index contributed by atoms with van der Waals surface area (Å²) in [6, 6.07) is 17.0.